The second kappa shape index (κ2) is 9.25. The first-order valence-electron chi connectivity index (χ1n) is 4.09. The number of rotatable bonds is 9. The summed E-state index contributed by atoms with van der Waals surface area (Å²) in [6.07, 6.45) is 3.49. The van der Waals surface area contributed by atoms with Gasteiger partial charge in [0.1, 0.15) is 12.9 Å². The third-order valence-corrected chi connectivity index (χ3v) is 1.16. The van der Waals surface area contributed by atoms with Crippen LogP contribution in [0.3, 0.4) is 0 Å². The summed E-state index contributed by atoms with van der Waals surface area (Å²) in [4.78, 5) is 18.8. The Bertz CT molecular complexity index is 136. The van der Waals surface area contributed by atoms with E-state index >= 15 is 0 Å². The van der Waals surface area contributed by atoms with Gasteiger partial charge in [0, 0.05) is 6.42 Å². The van der Waals surface area contributed by atoms with Crippen molar-refractivity contribution in [1.29, 1.82) is 0 Å². The van der Waals surface area contributed by atoms with Gasteiger partial charge in [-0.05, 0) is 6.92 Å². The molecule has 0 bridgehead atoms. The highest BCUT2D eigenvalue weighted by molar-refractivity contribution is 4.62. The smallest absolute Gasteiger partial charge is 0.122 e. The minimum Gasteiger partial charge on any atom is -0.346 e. The first-order valence-corrected chi connectivity index (χ1v) is 4.09. The Morgan fingerprint density at radius 2 is 2.08 bits per heavy atom. The van der Waals surface area contributed by atoms with Crippen LogP contribution in [0.25, 0.3) is 0 Å². The molecule has 0 spiro atoms. The molecule has 0 rings (SSSR count). The van der Waals surface area contributed by atoms with Crippen molar-refractivity contribution in [3.05, 3.63) is 25.5 Å². The minimum absolute atomic E-state index is 0.0339. The molecule has 1 unspecified atom stereocenters. The van der Waals surface area contributed by atoms with Gasteiger partial charge in [-0.15, -0.1) is 6.58 Å². The van der Waals surface area contributed by atoms with Gasteiger partial charge in [0.05, 0.1) is 12.7 Å². The van der Waals surface area contributed by atoms with E-state index in [0.29, 0.717) is 19.6 Å². The zero-order chi connectivity index (χ0) is 9.94. The largest absolute Gasteiger partial charge is 0.346 e. The van der Waals surface area contributed by atoms with E-state index in [1.807, 2.05) is 6.92 Å². The van der Waals surface area contributed by atoms with Crippen LogP contribution >= 0.6 is 0 Å². The quantitative estimate of drug-likeness (QED) is 0.182. The van der Waals surface area contributed by atoms with Crippen LogP contribution in [0.15, 0.2) is 25.5 Å². The zero-order valence-corrected chi connectivity index (χ0v) is 7.90. The summed E-state index contributed by atoms with van der Waals surface area (Å²) in [5.41, 5.74) is 0. The first kappa shape index (κ1) is 12.2. The normalized spacial score (nSPS) is 12.1. The average molecular weight is 188 g/mol. The van der Waals surface area contributed by atoms with Crippen LogP contribution in [0, 0.1) is 0 Å². The molecule has 0 aliphatic carbocycles. The van der Waals surface area contributed by atoms with E-state index in [0.717, 1.165) is 0 Å². The van der Waals surface area contributed by atoms with Gasteiger partial charge in [0.25, 0.3) is 0 Å². The lowest BCUT2D eigenvalue weighted by Crippen LogP contribution is -2.11. The molecule has 76 valence electrons. The van der Waals surface area contributed by atoms with E-state index in [4.69, 9.17) is 9.78 Å². The van der Waals surface area contributed by atoms with Crippen molar-refractivity contribution in [3.63, 3.8) is 0 Å². The van der Waals surface area contributed by atoms with Gasteiger partial charge >= 0.3 is 0 Å². The van der Waals surface area contributed by atoms with Gasteiger partial charge in [-0.3, -0.25) is 0 Å². The molecule has 0 amide bonds. The van der Waals surface area contributed by atoms with Crippen molar-refractivity contribution >= 4 is 0 Å². The molecular weight excluding hydrogens is 172 g/mol. The van der Waals surface area contributed by atoms with Gasteiger partial charge in [-0.1, -0.05) is 12.7 Å². The van der Waals surface area contributed by atoms with E-state index in [1.54, 1.807) is 6.08 Å². The van der Waals surface area contributed by atoms with Gasteiger partial charge in [-0.25, -0.2) is 9.78 Å². The molecule has 0 aromatic rings. The van der Waals surface area contributed by atoms with Crippen LogP contribution in [0.4, 0.5) is 0 Å². The van der Waals surface area contributed by atoms with Gasteiger partial charge < -0.3 is 4.89 Å². The number of hydrogen-bond acceptors (Lipinski definition) is 4. The summed E-state index contributed by atoms with van der Waals surface area (Å²) < 4.78 is 0. The third-order valence-electron chi connectivity index (χ3n) is 1.16. The summed E-state index contributed by atoms with van der Waals surface area (Å²) in [6, 6.07) is 0. The Morgan fingerprint density at radius 3 is 2.69 bits per heavy atom. The molecule has 0 aliphatic rings. The monoisotopic (exact) mass is 188 g/mol. The molecule has 0 saturated heterocycles. The highest BCUT2D eigenvalue weighted by Gasteiger charge is 2.02. The molecule has 1 atom stereocenters. The second-order valence-corrected chi connectivity index (χ2v) is 2.35. The maximum atomic E-state index is 4.93. The molecule has 0 fully saturated rings. The summed E-state index contributed by atoms with van der Waals surface area (Å²) in [7, 11) is 0. The van der Waals surface area contributed by atoms with Crippen molar-refractivity contribution in [3.8, 4) is 0 Å². The molecule has 0 heterocycles. The highest BCUT2D eigenvalue weighted by Crippen LogP contribution is 1.98. The molecule has 4 nitrogen and oxygen atoms in total. The Morgan fingerprint density at radius 1 is 1.31 bits per heavy atom. The molecule has 0 aromatic carbocycles. The van der Waals surface area contributed by atoms with Crippen LogP contribution in [-0.2, 0) is 19.6 Å². The predicted octanol–water partition coefficient (Wildman–Crippen LogP) is 1.99. The molecular formula is C9H16O4. The van der Waals surface area contributed by atoms with E-state index in [-0.39, 0.29) is 6.10 Å². The summed E-state index contributed by atoms with van der Waals surface area (Å²) >= 11 is 0. The van der Waals surface area contributed by atoms with E-state index < -0.39 is 0 Å². The van der Waals surface area contributed by atoms with Crippen molar-refractivity contribution in [2.75, 3.05) is 13.2 Å². The van der Waals surface area contributed by atoms with Crippen molar-refractivity contribution < 1.29 is 19.6 Å². The van der Waals surface area contributed by atoms with Crippen LogP contribution in [0.1, 0.15) is 13.3 Å². The second-order valence-electron chi connectivity index (χ2n) is 2.35. The lowest BCUT2D eigenvalue weighted by molar-refractivity contribution is -0.322. The molecule has 0 aromatic heterocycles. The van der Waals surface area contributed by atoms with Gasteiger partial charge in [0.2, 0.25) is 0 Å². The molecule has 13 heavy (non-hydrogen) atoms. The topological polar surface area (TPSA) is 36.9 Å². The van der Waals surface area contributed by atoms with Crippen LogP contribution in [-0.4, -0.2) is 19.3 Å². The predicted molar refractivity (Wildman–Crippen MR) is 48.5 cm³/mol. The minimum atomic E-state index is -0.0339. The Labute approximate surface area is 78.6 Å². The fraction of sp³-hybridized carbons (Fsp3) is 0.556. The molecule has 0 radical (unpaired) electrons. The standard InChI is InChI=1S/C9H16O4/c1-4-7-12-13-9(3)6-8-11-10-5-2/h4-5,9H,1-2,6-8H2,3H3. The fourth-order valence-electron chi connectivity index (χ4n) is 0.562. The Balaban J connectivity index is 3.14. The first-order chi connectivity index (χ1) is 6.31. The Hall–Kier alpha value is -0.840. The summed E-state index contributed by atoms with van der Waals surface area (Å²) in [6.45, 7) is 9.50. The zero-order valence-electron chi connectivity index (χ0n) is 7.90. The average Bonchev–Trinajstić information content (AvgIpc) is 2.13. The SMILES string of the molecule is C=CCOOC(C)CCOOC=C. The van der Waals surface area contributed by atoms with Crippen molar-refractivity contribution in [1.82, 2.24) is 0 Å². The molecule has 0 aliphatic heterocycles. The van der Waals surface area contributed by atoms with Crippen molar-refractivity contribution in [2.45, 2.75) is 19.4 Å². The lowest BCUT2D eigenvalue weighted by atomic mass is 10.3. The Kier molecular flexibility index (Phi) is 8.65. The van der Waals surface area contributed by atoms with Crippen LogP contribution in [0.2, 0.25) is 0 Å². The fourth-order valence-corrected chi connectivity index (χ4v) is 0.562. The van der Waals surface area contributed by atoms with Crippen LogP contribution in [0.5, 0.6) is 0 Å². The van der Waals surface area contributed by atoms with E-state index in [9.17, 15) is 0 Å². The van der Waals surface area contributed by atoms with Gasteiger partial charge in [-0.2, -0.15) is 4.89 Å². The van der Waals surface area contributed by atoms with Crippen LogP contribution < -0.4 is 0 Å². The molecule has 0 saturated carbocycles. The molecule has 4 heteroatoms. The van der Waals surface area contributed by atoms with Crippen molar-refractivity contribution in [2.24, 2.45) is 0 Å². The van der Waals surface area contributed by atoms with E-state index in [2.05, 4.69) is 22.9 Å². The lowest BCUT2D eigenvalue weighted by Gasteiger charge is -2.09. The maximum absolute atomic E-state index is 4.93. The number of hydrogen-bond donors (Lipinski definition) is 0. The molecule has 0 N–H and O–H groups in total. The maximum Gasteiger partial charge on any atom is 0.122 e. The third kappa shape index (κ3) is 9.07. The summed E-state index contributed by atoms with van der Waals surface area (Å²) in [5.74, 6) is 0. The summed E-state index contributed by atoms with van der Waals surface area (Å²) in [5, 5.41) is 0. The van der Waals surface area contributed by atoms with E-state index in [1.165, 1.54) is 6.26 Å². The van der Waals surface area contributed by atoms with Gasteiger partial charge in [0.15, 0.2) is 0 Å². The highest BCUT2D eigenvalue weighted by atomic mass is 17.2.